The highest BCUT2D eigenvalue weighted by Gasteiger charge is 2.44. The lowest BCUT2D eigenvalue weighted by Crippen LogP contribution is -2.51. The second-order valence-electron chi connectivity index (χ2n) is 7.92. The fraction of sp³-hybridized carbons (Fsp3) is 0.571. The van der Waals surface area contributed by atoms with Crippen molar-refractivity contribution in [3.05, 3.63) is 35.5 Å². The molecule has 1 aromatic heterocycles. The predicted octanol–water partition coefficient (Wildman–Crippen LogP) is 2.22. The molecule has 6 nitrogen and oxygen atoms in total. The Morgan fingerprint density at radius 2 is 2.00 bits per heavy atom. The van der Waals surface area contributed by atoms with E-state index in [1.807, 2.05) is 4.90 Å². The Bertz CT molecular complexity index is 837. The third-order valence-corrected chi connectivity index (χ3v) is 6.36. The van der Waals surface area contributed by atoms with Crippen molar-refractivity contribution in [2.75, 3.05) is 46.0 Å². The smallest absolute Gasteiger partial charge is 0.229 e. The van der Waals surface area contributed by atoms with Gasteiger partial charge in [-0.15, -0.1) is 12.4 Å². The third-order valence-electron chi connectivity index (χ3n) is 6.36. The largest absolute Gasteiger partial charge is 0.379 e. The fourth-order valence-electron chi connectivity index (χ4n) is 4.87. The van der Waals surface area contributed by atoms with Crippen LogP contribution in [0.2, 0.25) is 0 Å². The number of para-hydroxylation sites is 1. The Labute approximate surface area is 171 Å². The molecule has 2 fully saturated rings. The molecule has 1 unspecified atom stereocenters. The molecule has 2 N–H and O–H groups in total. The minimum absolute atomic E-state index is 0. The molecule has 1 atom stereocenters. The van der Waals surface area contributed by atoms with Crippen molar-refractivity contribution in [3.8, 4) is 0 Å². The number of benzene rings is 1. The first-order chi connectivity index (χ1) is 13.3. The molecule has 0 saturated carbocycles. The van der Waals surface area contributed by atoms with E-state index < -0.39 is 0 Å². The lowest BCUT2D eigenvalue weighted by molar-refractivity contribution is -0.146. The Morgan fingerprint density at radius 3 is 2.86 bits per heavy atom. The summed E-state index contributed by atoms with van der Waals surface area (Å²) >= 11 is 0. The Kier molecular flexibility index (Phi) is 5.65. The number of H-pyrrole nitrogens is 1. The number of carbonyl (C=O) groups is 1. The summed E-state index contributed by atoms with van der Waals surface area (Å²) in [6, 6.07) is 8.51. The molecule has 3 aliphatic heterocycles. The summed E-state index contributed by atoms with van der Waals surface area (Å²) in [5, 5.41) is 4.62. The molecule has 4 heterocycles. The molecule has 0 aliphatic carbocycles. The highest BCUT2D eigenvalue weighted by molar-refractivity contribution is 5.86. The number of nitrogens with zero attached hydrogens (tertiary/aromatic N) is 1. The number of fused-ring (bicyclic) bond motifs is 4. The lowest BCUT2D eigenvalue weighted by atomic mass is 9.83. The van der Waals surface area contributed by atoms with Crippen LogP contribution in [0.3, 0.4) is 0 Å². The van der Waals surface area contributed by atoms with Gasteiger partial charge in [0, 0.05) is 37.1 Å². The van der Waals surface area contributed by atoms with Gasteiger partial charge < -0.3 is 24.7 Å². The number of piperidine rings is 1. The van der Waals surface area contributed by atoms with Crippen molar-refractivity contribution in [3.63, 3.8) is 0 Å². The van der Waals surface area contributed by atoms with Gasteiger partial charge in [-0.1, -0.05) is 18.2 Å². The third kappa shape index (κ3) is 3.32. The van der Waals surface area contributed by atoms with Gasteiger partial charge in [0.2, 0.25) is 5.91 Å². The minimum Gasteiger partial charge on any atom is -0.379 e. The van der Waals surface area contributed by atoms with Gasteiger partial charge in [0.25, 0.3) is 0 Å². The first-order valence-electron chi connectivity index (χ1n) is 10.1. The van der Waals surface area contributed by atoms with E-state index in [4.69, 9.17) is 9.47 Å². The molecular formula is C21H28ClN3O3. The minimum atomic E-state index is -0.276. The number of ether oxygens (including phenoxy) is 2. The highest BCUT2D eigenvalue weighted by Crippen LogP contribution is 2.43. The zero-order valence-corrected chi connectivity index (χ0v) is 16.9. The monoisotopic (exact) mass is 405 g/mol. The van der Waals surface area contributed by atoms with Crippen molar-refractivity contribution in [1.29, 1.82) is 0 Å². The summed E-state index contributed by atoms with van der Waals surface area (Å²) in [6.45, 7) is 4.98. The van der Waals surface area contributed by atoms with Gasteiger partial charge in [-0.3, -0.25) is 4.79 Å². The molecule has 28 heavy (non-hydrogen) atoms. The second-order valence-corrected chi connectivity index (χ2v) is 7.92. The number of hydrogen-bond donors (Lipinski definition) is 2. The number of aromatic nitrogens is 1. The van der Waals surface area contributed by atoms with Crippen molar-refractivity contribution in [1.82, 2.24) is 15.2 Å². The average Bonchev–Trinajstić information content (AvgIpc) is 2.89. The summed E-state index contributed by atoms with van der Waals surface area (Å²) in [5.74, 6) is 0.143. The van der Waals surface area contributed by atoms with E-state index in [0.717, 1.165) is 45.5 Å². The van der Waals surface area contributed by atoms with Crippen LogP contribution in [0, 0.1) is 5.92 Å². The van der Waals surface area contributed by atoms with Crippen LogP contribution in [-0.2, 0) is 26.3 Å². The van der Waals surface area contributed by atoms with Gasteiger partial charge in [0.05, 0.1) is 31.4 Å². The molecule has 2 aromatic rings. The number of aromatic amines is 1. The molecule has 1 aromatic carbocycles. The summed E-state index contributed by atoms with van der Waals surface area (Å²) in [4.78, 5) is 18.6. The molecule has 3 aliphatic rings. The summed E-state index contributed by atoms with van der Waals surface area (Å²) in [5.41, 5.74) is 3.55. The summed E-state index contributed by atoms with van der Waals surface area (Å²) < 4.78 is 11.9. The van der Waals surface area contributed by atoms with E-state index in [-0.39, 0.29) is 29.8 Å². The number of likely N-dealkylation sites (tertiary alicyclic amines) is 1. The Morgan fingerprint density at radius 1 is 1.18 bits per heavy atom. The molecule has 1 amide bonds. The van der Waals surface area contributed by atoms with Crippen molar-refractivity contribution in [2.24, 2.45) is 5.92 Å². The van der Waals surface area contributed by atoms with Gasteiger partial charge in [0.15, 0.2) is 0 Å². The zero-order valence-electron chi connectivity index (χ0n) is 16.0. The molecule has 2 saturated heterocycles. The molecule has 152 valence electrons. The van der Waals surface area contributed by atoms with Gasteiger partial charge in [0.1, 0.15) is 5.60 Å². The molecule has 0 bridgehead atoms. The number of nitrogens with one attached hydrogen (secondary N) is 2. The molecule has 0 radical (unpaired) electrons. The molecule has 7 heteroatoms. The topological polar surface area (TPSA) is 66.6 Å². The molecular weight excluding hydrogens is 378 g/mol. The fourth-order valence-corrected chi connectivity index (χ4v) is 4.87. The van der Waals surface area contributed by atoms with E-state index in [1.54, 1.807) is 0 Å². The van der Waals surface area contributed by atoms with Crippen LogP contribution in [0.15, 0.2) is 24.3 Å². The standard InChI is InChI=1S/C21H27N3O3.ClH/c25-20(15-13-22-8-12-26-14-15)24-9-6-21(7-10-24)19-17(5-11-27-21)16-3-1-2-4-18(16)23-19;/h1-4,15,22-23H,5-14H2;1H. The van der Waals surface area contributed by atoms with Crippen molar-refractivity contribution < 1.29 is 14.3 Å². The van der Waals surface area contributed by atoms with Crippen LogP contribution in [0.4, 0.5) is 0 Å². The van der Waals surface area contributed by atoms with Crippen LogP contribution in [0.1, 0.15) is 24.1 Å². The number of halogens is 1. The van der Waals surface area contributed by atoms with Crippen molar-refractivity contribution >= 4 is 29.2 Å². The quantitative estimate of drug-likeness (QED) is 0.763. The van der Waals surface area contributed by atoms with E-state index in [0.29, 0.717) is 19.8 Å². The van der Waals surface area contributed by atoms with Gasteiger partial charge in [-0.2, -0.15) is 0 Å². The van der Waals surface area contributed by atoms with Crippen molar-refractivity contribution in [2.45, 2.75) is 24.9 Å². The molecule has 1 spiro atoms. The second kappa shape index (κ2) is 8.03. The number of hydrogen-bond acceptors (Lipinski definition) is 4. The maximum absolute atomic E-state index is 12.9. The Balaban J connectivity index is 0.00000192. The number of amides is 1. The zero-order chi connectivity index (χ0) is 18.3. The first-order valence-corrected chi connectivity index (χ1v) is 10.1. The summed E-state index contributed by atoms with van der Waals surface area (Å²) in [7, 11) is 0. The maximum atomic E-state index is 12.9. The lowest BCUT2D eigenvalue weighted by Gasteiger charge is -2.44. The summed E-state index contributed by atoms with van der Waals surface area (Å²) in [6.07, 6.45) is 2.65. The van der Waals surface area contributed by atoms with Gasteiger partial charge >= 0.3 is 0 Å². The van der Waals surface area contributed by atoms with Gasteiger partial charge in [-0.25, -0.2) is 0 Å². The van der Waals surface area contributed by atoms with E-state index >= 15 is 0 Å². The van der Waals surface area contributed by atoms with Crippen LogP contribution in [0.25, 0.3) is 10.9 Å². The first kappa shape index (κ1) is 19.7. The van der Waals surface area contributed by atoms with E-state index in [2.05, 4.69) is 34.6 Å². The van der Waals surface area contributed by atoms with Crippen LogP contribution in [0.5, 0.6) is 0 Å². The van der Waals surface area contributed by atoms with Crippen LogP contribution >= 0.6 is 12.4 Å². The molecule has 5 rings (SSSR count). The highest BCUT2D eigenvalue weighted by atomic mass is 35.5. The normalized spacial score (nSPS) is 24.4. The number of carbonyl (C=O) groups excluding carboxylic acids is 1. The Hall–Kier alpha value is -1.60. The van der Waals surface area contributed by atoms with E-state index in [1.165, 1.54) is 22.2 Å². The SMILES string of the molecule is Cl.O=C(C1CNCCOC1)N1CCC2(CC1)OCCc1c2[nH]c2ccccc12. The van der Waals surface area contributed by atoms with Crippen LogP contribution in [-0.4, -0.2) is 61.8 Å². The van der Waals surface area contributed by atoms with E-state index in [9.17, 15) is 4.79 Å². The van der Waals surface area contributed by atoms with Crippen LogP contribution < -0.4 is 5.32 Å². The number of rotatable bonds is 1. The van der Waals surface area contributed by atoms with Gasteiger partial charge in [-0.05, 0) is 30.9 Å². The predicted molar refractivity (Wildman–Crippen MR) is 110 cm³/mol. The maximum Gasteiger partial charge on any atom is 0.229 e. The average molecular weight is 406 g/mol.